The molecule has 0 spiro atoms. The van der Waals surface area contributed by atoms with Gasteiger partial charge in [-0.2, -0.15) is 0 Å². The number of hydrogen-bond donors (Lipinski definition) is 0. The lowest BCUT2D eigenvalue weighted by Gasteiger charge is -2.34. The third-order valence-electron chi connectivity index (χ3n) is 5.27. The third-order valence-corrected chi connectivity index (χ3v) is 6.45. The fourth-order valence-electron chi connectivity index (χ4n) is 3.78. The van der Waals surface area contributed by atoms with Crippen LogP contribution in [0.3, 0.4) is 0 Å². The molecule has 7 heteroatoms. The number of thiophene rings is 1. The van der Waals surface area contributed by atoms with Crippen LogP contribution in [0, 0.1) is 6.92 Å². The summed E-state index contributed by atoms with van der Waals surface area (Å²) < 4.78 is 5.89. The monoisotopic (exact) mass is 392 g/mol. The van der Waals surface area contributed by atoms with Crippen LogP contribution in [0.5, 0.6) is 5.75 Å². The fourth-order valence-corrected chi connectivity index (χ4v) is 5.03. The van der Waals surface area contributed by atoms with E-state index in [1.54, 1.807) is 23.7 Å². The minimum atomic E-state index is 0.100. The van der Waals surface area contributed by atoms with Crippen molar-refractivity contribution in [1.82, 2.24) is 14.9 Å². The summed E-state index contributed by atoms with van der Waals surface area (Å²) in [5.41, 5.74) is 3.40. The van der Waals surface area contributed by atoms with E-state index in [-0.39, 0.29) is 5.91 Å². The number of aromatic nitrogens is 2. The molecule has 142 valence electrons. The second kappa shape index (κ2) is 6.91. The average molecular weight is 392 g/mol. The molecular weight excluding hydrogens is 372 g/mol. The van der Waals surface area contributed by atoms with Gasteiger partial charge in [0, 0.05) is 54.6 Å². The van der Waals surface area contributed by atoms with Crippen LogP contribution in [-0.2, 0) is 6.61 Å². The molecule has 0 radical (unpaired) electrons. The third kappa shape index (κ3) is 2.92. The molecule has 0 atom stereocenters. The number of rotatable bonds is 2. The van der Waals surface area contributed by atoms with Crippen molar-refractivity contribution in [2.75, 3.05) is 31.1 Å². The highest BCUT2D eigenvalue weighted by Crippen LogP contribution is 2.44. The maximum absolute atomic E-state index is 13.1. The first-order chi connectivity index (χ1) is 13.7. The molecule has 1 fully saturated rings. The number of aryl methyl sites for hydroxylation is 1. The molecule has 1 aromatic carbocycles. The van der Waals surface area contributed by atoms with Crippen molar-refractivity contribution in [3.05, 3.63) is 58.7 Å². The van der Waals surface area contributed by atoms with E-state index in [1.165, 1.54) is 10.4 Å². The van der Waals surface area contributed by atoms with Crippen LogP contribution in [0.25, 0.3) is 10.4 Å². The fraction of sp³-hybridized carbons (Fsp3) is 0.286. The molecule has 2 aliphatic heterocycles. The Labute approximate surface area is 167 Å². The zero-order valence-corrected chi connectivity index (χ0v) is 16.4. The lowest BCUT2D eigenvalue weighted by molar-refractivity contribution is 0.0751. The Morgan fingerprint density at radius 1 is 1.11 bits per heavy atom. The minimum absolute atomic E-state index is 0.100. The molecule has 6 nitrogen and oxygen atoms in total. The first kappa shape index (κ1) is 17.2. The van der Waals surface area contributed by atoms with Crippen molar-refractivity contribution in [2.24, 2.45) is 0 Å². The number of anilines is 1. The number of ether oxygens (including phenoxy) is 1. The Kier molecular flexibility index (Phi) is 4.24. The van der Waals surface area contributed by atoms with Crippen molar-refractivity contribution in [1.29, 1.82) is 0 Å². The highest BCUT2D eigenvalue weighted by Gasteiger charge is 2.28. The molecule has 0 saturated carbocycles. The molecule has 1 saturated heterocycles. The van der Waals surface area contributed by atoms with Crippen LogP contribution < -0.4 is 9.64 Å². The van der Waals surface area contributed by atoms with Crippen molar-refractivity contribution in [3.8, 4) is 16.2 Å². The first-order valence-electron chi connectivity index (χ1n) is 9.37. The summed E-state index contributed by atoms with van der Waals surface area (Å²) in [6, 6.07) is 9.91. The average Bonchev–Trinajstić information content (AvgIpc) is 3.18. The van der Waals surface area contributed by atoms with Gasteiger partial charge in [0.2, 0.25) is 5.95 Å². The van der Waals surface area contributed by atoms with Gasteiger partial charge in [-0.1, -0.05) is 12.1 Å². The second-order valence-electron chi connectivity index (χ2n) is 7.03. The molecule has 0 unspecified atom stereocenters. The molecule has 0 N–H and O–H groups in total. The SMILES string of the molecule is Cc1cccc2c1-c1sc(C(=O)N3CCN(c4ncccn4)CC3)cc1CO2. The standard InChI is InChI=1S/C21H20N4O2S/c1-14-4-2-5-16-18(14)19-15(13-27-16)12-17(28-19)20(26)24-8-10-25(11-9-24)21-22-6-3-7-23-21/h2-7,12H,8-11,13H2,1H3. The number of nitrogens with zero attached hydrogens (tertiary/aromatic N) is 4. The Morgan fingerprint density at radius 2 is 1.89 bits per heavy atom. The van der Waals surface area contributed by atoms with Gasteiger partial charge >= 0.3 is 0 Å². The van der Waals surface area contributed by atoms with Gasteiger partial charge in [0.15, 0.2) is 0 Å². The van der Waals surface area contributed by atoms with Crippen LogP contribution in [0.4, 0.5) is 5.95 Å². The number of benzene rings is 1. The maximum Gasteiger partial charge on any atom is 0.264 e. The molecule has 0 aliphatic carbocycles. The quantitative estimate of drug-likeness (QED) is 0.669. The van der Waals surface area contributed by atoms with E-state index in [9.17, 15) is 4.79 Å². The Bertz CT molecular complexity index is 1030. The zero-order chi connectivity index (χ0) is 19.1. The Hall–Kier alpha value is -2.93. The van der Waals surface area contributed by atoms with Crippen molar-refractivity contribution < 1.29 is 9.53 Å². The molecule has 5 rings (SSSR count). The first-order valence-corrected chi connectivity index (χ1v) is 10.2. The maximum atomic E-state index is 13.1. The summed E-state index contributed by atoms with van der Waals surface area (Å²) in [6.07, 6.45) is 3.50. The van der Waals surface area contributed by atoms with Crippen molar-refractivity contribution in [3.63, 3.8) is 0 Å². The van der Waals surface area contributed by atoms with Gasteiger partial charge in [-0.25, -0.2) is 9.97 Å². The molecular formula is C21H20N4O2S. The summed E-state index contributed by atoms with van der Waals surface area (Å²) in [7, 11) is 0. The smallest absolute Gasteiger partial charge is 0.264 e. The Balaban J connectivity index is 1.35. The number of carbonyl (C=O) groups is 1. The summed E-state index contributed by atoms with van der Waals surface area (Å²) in [4.78, 5) is 27.7. The van der Waals surface area contributed by atoms with Gasteiger partial charge in [-0.3, -0.25) is 4.79 Å². The van der Waals surface area contributed by atoms with Crippen molar-refractivity contribution >= 4 is 23.2 Å². The van der Waals surface area contributed by atoms with Gasteiger partial charge in [0.05, 0.1) is 4.88 Å². The Morgan fingerprint density at radius 3 is 2.68 bits per heavy atom. The molecule has 2 aliphatic rings. The summed E-state index contributed by atoms with van der Waals surface area (Å²) in [5.74, 6) is 1.73. The van der Waals surface area contributed by atoms with E-state index in [1.807, 2.05) is 29.2 Å². The number of fused-ring (bicyclic) bond motifs is 3. The summed E-state index contributed by atoms with van der Waals surface area (Å²) >= 11 is 1.58. The zero-order valence-electron chi connectivity index (χ0n) is 15.6. The number of hydrogen-bond acceptors (Lipinski definition) is 6. The molecule has 1 amide bonds. The molecule has 4 heterocycles. The highest BCUT2D eigenvalue weighted by molar-refractivity contribution is 7.17. The van der Waals surface area contributed by atoms with E-state index in [2.05, 4.69) is 27.9 Å². The van der Waals surface area contributed by atoms with Crippen LogP contribution in [0.2, 0.25) is 0 Å². The number of amides is 1. The second-order valence-corrected chi connectivity index (χ2v) is 8.08. The topological polar surface area (TPSA) is 58.6 Å². The minimum Gasteiger partial charge on any atom is -0.488 e. The molecule has 0 bridgehead atoms. The van der Waals surface area contributed by atoms with E-state index in [4.69, 9.17) is 4.74 Å². The van der Waals surface area contributed by atoms with Gasteiger partial charge < -0.3 is 14.5 Å². The lowest BCUT2D eigenvalue weighted by atomic mass is 10.0. The highest BCUT2D eigenvalue weighted by atomic mass is 32.1. The van der Waals surface area contributed by atoms with Gasteiger partial charge in [0.1, 0.15) is 12.4 Å². The van der Waals surface area contributed by atoms with E-state index >= 15 is 0 Å². The predicted octanol–water partition coefficient (Wildman–Crippen LogP) is 3.37. The number of piperazine rings is 1. The molecule has 28 heavy (non-hydrogen) atoms. The predicted molar refractivity (Wildman–Crippen MR) is 109 cm³/mol. The van der Waals surface area contributed by atoms with Crippen molar-refractivity contribution in [2.45, 2.75) is 13.5 Å². The van der Waals surface area contributed by atoms with E-state index in [0.29, 0.717) is 19.7 Å². The van der Waals surface area contributed by atoms with Crippen LogP contribution in [0.1, 0.15) is 20.8 Å². The van der Waals surface area contributed by atoms with Crippen LogP contribution >= 0.6 is 11.3 Å². The van der Waals surface area contributed by atoms with Gasteiger partial charge in [-0.15, -0.1) is 11.3 Å². The van der Waals surface area contributed by atoms with Gasteiger partial charge in [0.25, 0.3) is 5.91 Å². The largest absolute Gasteiger partial charge is 0.488 e. The number of carbonyl (C=O) groups excluding carboxylic acids is 1. The van der Waals surface area contributed by atoms with Gasteiger partial charge in [-0.05, 0) is 30.7 Å². The normalized spacial score (nSPS) is 15.6. The summed E-state index contributed by atoms with van der Waals surface area (Å²) in [5, 5.41) is 0. The van der Waals surface area contributed by atoms with E-state index in [0.717, 1.165) is 40.8 Å². The van der Waals surface area contributed by atoms with E-state index < -0.39 is 0 Å². The van der Waals surface area contributed by atoms with Crippen LogP contribution in [0.15, 0.2) is 42.7 Å². The summed E-state index contributed by atoms with van der Waals surface area (Å²) in [6.45, 7) is 5.44. The molecule has 3 aromatic rings. The molecule has 2 aromatic heterocycles. The van der Waals surface area contributed by atoms with Crippen LogP contribution in [-0.4, -0.2) is 47.0 Å². The lowest BCUT2D eigenvalue weighted by Crippen LogP contribution is -2.49.